The fourth-order valence-corrected chi connectivity index (χ4v) is 2.78. The van der Waals surface area contributed by atoms with Gasteiger partial charge in [-0.2, -0.15) is 0 Å². The van der Waals surface area contributed by atoms with Crippen LogP contribution in [-0.2, 0) is 9.59 Å². The van der Waals surface area contributed by atoms with Crippen LogP contribution < -0.4 is 25.1 Å². The monoisotopic (exact) mass is 456 g/mol. The molecule has 0 aromatic heterocycles. The Bertz CT molecular complexity index is 831. The highest BCUT2D eigenvalue weighted by atomic mass is 79.9. The topological polar surface area (TPSA) is 85.9 Å². The molecule has 2 amide bonds. The van der Waals surface area contributed by atoms with Crippen molar-refractivity contribution >= 4 is 39.3 Å². The van der Waals surface area contributed by atoms with Gasteiger partial charge in [-0.3, -0.25) is 20.4 Å². The smallest absolute Gasteiger partial charge is 0.276 e. The molecule has 0 fully saturated rings. The van der Waals surface area contributed by atoms with E-state index in [9.17, 15) is 9.59 Å². The SMILES string of the molecule is COc1cc(C)ccc1OCC(=O)NNC(=O)COc1ccc(Cl)cc1Br. The Kier molecular flexibility index (Phi) is 7.75. The van der Waals surface area contributed by atoms with Gasteiger partial charge in [0.1, 0.15) is 5.75 Å². The number of halogens is 2. The van der Waals surface area contributed by atoms with Crippen LogP contribution in [0, 0.1) is 6.92 Å². The number of rotatable bonds is 7. The zero-order valence-corrected chi connectivity index (χ0v) is 17.0. The van der Waals surface area contributed by atoms with E-state index in [1.165, 1.54) is 7.11 Å². The van der Waals surface area contributed by atoms with Crippen LogP contribution in [-0.4, -0.2) is 32.1 Å². The Morgan fingerprint density at radius 3 is 2.15 bits per heavy atom. The van der Waals surface area contributed by atoms with Crippen molar-refractivity contribution in [2.45, 2.75) is 6.92 Å². The molecule has 2 rings (SSSR count). The first kappa shape index (κ1) is 20.9. The second-order valence-corrected chi connectivity index (χ2v) is 6.69. The predicted octanol–water partition coefficient (Wildman–Crippen LogP) is 3.02. The predicted molar refractivity (Wildman–Crippen MR) is 104 cm³/mol. The average molecular weight is 458 g/mol. The number of ether oxygens (including phenoxy) is 3. The molecule has 0 aliphatic rings. The van der Waals surface area contributed by atoms with Gasteiger partial charge in [0, 0.05) is 5.02 Å². The van der Waals surface area contributed by atoms with E-state index >= 15 is 0 Å². The first-order chi connectivity index (χ1) is 12.9. The minimum absolute atomic E-state index is 0.285. The number of hydrazine groups is 1. The maximum Gasteiger partial charge on any atom is 0.276 e. The van der Waals surface area contributed by atoms with Gasteiger partial charge in [-0.1, -0.05) is 17.7 Å². The third-order valence-corrected chi connectivity index (χ3v) is 4.13. The standard InChI is InChI=1S/C18H18BrClN2O5/c1-11-3-5-15(16(7-11)25-2)27-10-18(24)22-21-17(23)9-26-14-6-4-12(20)8-13(14)19/h3-8H,9-10H2,1-2H3,(H,21,23)(H,22,24). The second kappa shape index (κ2) is 10.0. The summed E-state index contributed by atoms with van der Waals surface area (Å²) in [6, 6.07) is 10.2. The van der Waals surface area contributed by atoms with Crippen LogP contribution in [0.25, 0.3) is 0 Å². The van der Waals surface area contributed by atoms with Crippen LogP contribution >= 0.6 is 27.5 Å². The molecule has 0 saturated heterocycles. The zero-order chi connectivity index (χ0) is 19.8. The number of carbonyl (C=O) groups excluding carboxylic acids is 2. The molecular weight excluding hydrogens is 440 g/mol. The zero-order valence-electron chi connectivity index (χ0n) is 14.7. The van der Waals surface area contributed by atoms with Crippen molar-refractivity contribution in [3.63, 3.8) is 0 Å². The van der Waals surface area contributed by atoms with Crippen LogP contribution in [0.2, 0.25) is 5.02 Å². The van der Waals surface area contributed by atoms with Crippen LogP contribution in [0.5, 0.6) is 17.2 Å². The third-order valence-electron chi connectivity index (χ3n) is 3.27. The summed E-state index contributed by atoms with van der Waals surface area (Å²) in [6.07, 6.45) is 0. The van der Waals surface area contributed by atoms with Gasteiger partial charge in [0.05, 0.1) is 11.6 Å². The van der Waals surface area contributed by atoms with E-state index in [0.717, 1.165) is 5.56 Å². The molecule has 0 aliphatic heterocycles. The normalized spacial score (nSPS) is 10.1. The largest absolute Gasteiger partial charge is 0.493 e. The maximum atomic E-state index is 11.8. The first-order valence-corrected chi connectivity index (χ1v) is 8.99. The van der Waals surface area contributed by atoms with Gasteiger partial charge in [0.15, 0.2) is 24.7 Å². The molecule has 0 spiro atoms. The van der Waals surface area contributed by atoms with Crippen molar-refractivity contribution in [3.8, 4) is 17.2 Å². The Labute approximate surface area is 170 Å². The summed E-state index contributed by atoms with van der Waals surface area (Å²) in [5, 5.41) is 0.538. The molecule has 0 aliphatic carbocycles. The number of hydrogen-bond donors (Lipinski definition) is 2. The van der Waals surface area contributed by atoms with Gasteiger partial charge in [0.25, 0.3) is 11.8 Å². The van der Waals surface area contributed by atoms with Gasteiger partial charge in [0.2, 0.25) is 0 Å². The number of nitrogens with one attached hydrogen (secondary N) is 2. The second-order valence-electron chi connectivity index (χ2n) is 5.40. The lowest BCUT2D eigenvalue weighted by Gasteiger charge is -2.12. The molecule has 0 atom stereocenters. The average Bonchev–Trinajstić information content (AvgIpc) is 2.64. The highest BCUT2D eigenvalue weighted by Crippen LogP contribution is 2.28. The first-order valence-electron chi connectivity index (χ1n) is 7.82. The van der Waals surface area contributed by atoms with E-state index in [1.807, 2.05) is 13.0 Å². The molecular formula is C18H18BrClN2O5. The van der Waals surface area contributed by atoms with E-state index in [2.05, 4.69) is 26.8 Å². The molecule has 9 heteroatoms. The minimum atomic E-state index is -0.530. The molecule has 27 heavy (non-hydrogen) atoms. The van der Waals surface area contributed by atoms with Gasteiger partial charge in [-0.15, -0.1) is 0 Å². The van der Waals surface area contributed by atoms with Crippen molar-refractivity contribution in [2.75, 3.05) is 20.3 Å². The molecule has 7 nitrogen and oxygen atoms in total. The lowest BCUT2D eigenvalue weighted by molar-refractivity contribution is -0.131. The molecule has 0 saturated carbocycles. The van der Waals surface area contributed by atoms with E-state index < -0.39 is 11.8 Å². The molecule has 144 valence electrons. The van der Waals surface area contributed by atoms with Crippen molar-refractivity contribution in [1.29, 1.82) is 0 Å². The number of aryl methyl sites for hydroxylation is 1. The summed E-state index contributed by atoms with van der Waals surface area (Å²) < 4.78 is 16.5. The fourth-order valence-electron chi connectivity index (χ4n) is 1.98. The molecule has 2 N–H and O–H groups in total. The van der Waals surface area contributed by atoms with Crippen molar-refractivity contribution in [2.24, 2.45) is 0 Å². The van der Waals surface area contributed by atoms with Gasteiger partial charge < -0.3 is 14.2 Å². The van der Waals surface area contributed by atoms with E-state index in [1.54, 1.807) is 30.3 Å². The van der Waals surface area contributed by atoms with E-state index in [4.69, 9.17) is 25.8 Å². The number of hydrogen-bond acceptors (Lipinski definition) is 5. The summed E-state index contributed by atoms with van der Waals surface area (Å²) in [4.78, 5) is 23.6. The third kappa shape index (κ3) is 6.65. The van der Waals surface area contributed by atoms with Crippen LogP contribution in [0.15, 0.2) is 40.9 Å². The van der Waals surface area contributed by atoms with Gasteiger partial charge >= 0.3 is 0 Å². The van der Waals surface area contributed by atoms with Crippen LogP contribution in [0.4, 0.5) is 0 Å². The van der Waals surface area contributed by atoms with Crippen molar-refractivity contribution in [1.82, 2.24) is 10.9 Å². The molecule has 0 radical (unpaired) electrons. The summed E-state index contributed by atoms with van der Waals surface area (Å²) in [7, 11) is 1.51. The van der Waals surface area contributed by atoms with Crippen molar-refractivity contribution < 1.29 is 23.8 Å². The molecule has 0 heterocycles. The number of benzene rings is 2. The van der Waals surface area contributed by atoms with Gasteiger partial charge in [-0.05, 0) is 58.7 Å². The summed E-state index contributed by atoms with van der Waals surface area (Å²) >= 11 is 9.11. The Hall–Kier alpha value is -2.45. The lowest BCUT2D eigenvalue weighted by Crippen LogP contribution is -2.45. The maximum absolute atomic E-state index is 11.8. The molecule has 0 unspecified atom stereocenters. The van der Waals surface area contributed by atoms with Gasteiger partial charge in [-0.25, -0.2) is 0 Å². The van der Waals surface area contributed by atoms with E-state index in [0.29, 0.717) is 26.7 Å². The highest BCUT2D eigenvalue weighted by Gasteiger charge is 2.10. The summed E-state index contributed by atoms with van der Waals surface area (Å²) in [6.45, 7) is 1.34. The number of carbonyl (C=O) groups is 2. The van der Waals surface area contributed by atoms with E-state index in [-0.39, 0.29) is 13.2 Å². The summed E-state index contributed by atoms with van der Waals surface area (Å²) in [5.41, 5.74) is 5.49. The summed E-state index contributed by atoms with van der Waals surface area (Å²) in [5.74, 6) is 0.349. The van der Waals surface area contributed by atoms with Crippen LogP contribution in [0.1, 0.15) is 5.56 Å². The molecule has 2 aromatic carbocycles. The lowest BCUT2D eigenvalue weighted by atomic mass is 10.2. The Balaban J connectivity index is 1.74. The number of methoxy groups -OCH3 is 1. The minimum Gasteiger partial charge on any atom is -0.493 e. The Morgan fingerprint density at radius 2 is 1.56 bits per heavy atom. The highest BCUT2D eigenvalue weighted by molar-refractivity contribution is 9.10. The fraction of sp³-hybridized carbons (Fsp3) is 0.222. The molecule has 0 bridgehead atoms. The molecule has 2 aromatic rings. The quantitative estimate of drug-likeness (QED) is 0.624. The van der Waals surface area contributed by atoms with Crippen LogP contribution in [0.3, 0.4) is 0 Å². The number of amides is 2. The van der Waals surface area contributed by atoms with Crippen molar-refractivity contribution in [3.05, 3.63) is 51.5 Å². The Morgan fingerprint density at radius 1 is 0.963 bits per heavy atom.